The topological polar surface area (TPSA) is 65.7 Å². The fourth-order valence-electron chi connectivity index (χ4n) is 2.05. The molecule has 0 fully saturated rings. The van der Waals surface area contributed by atoms with Gasteiger partial charge in [-0.3, -0.25) is 4.79 Å². The van der Waals surface area contributed by atoms with Gasteiger partial charge in [-0.05, 0) is 30.7 Å². The lowest BCUT2D eigenvalue weighted by atomic mass is 10.1. The fourth-order valence-corrected chi connectivity index (χ4v) is 2.28. The van der Waals surface area contributed by atoms with E-state index in [4.69, 9.17) is 20.8 Å². The molecule has 0 bridgehead atoms. The van der Waals surface area contributed by atoms with E-state index in [1.54, 1.807) is 0 Å². The number of ketones is 1. The number of benzene rings is 1. The van der Waals surface area contributed by atoms with Gasteiger partial charge in [-0.15, -0.1) is 13.2 Å². The highest BCUT2D eigenvalue weighted by atomic mass is 35.5. The molecule has 138 valence electrons. The van der Waals surface area contributed by atoms with Gasteiger partial charge in [0.15, 0.2) is 5.78 Å². The van der Waals surface area contributed by atoms with Gasteiger partial charge in [-0.1, -0.05) is 23.7 Å². The molecule has 0 aliphatic heterocycles. The van der Waals surface area contributed by atoms with Crippen LogP contribution in [0.15, 0.2) is 39.6 Å². The molecular formula is C17H12ClF3O5. The minimum Gasteiger partial charge on any atom is -0.496 e. The molecule has 5 nitrogen and oxygen atoms in total. The van der Waals surface area contributed by atoms with Crippen molar-refractivity contribution < 1.29 is 31.9 Å². The Morgan fingerprint density at radius 1 is 1.23 bits per heavy atom. The Bertz CT molecular complexity index is 916. The molecule has 0 spiro atoms. The predicted molar refractivity (Wildman–Crippen MR) is 87.8 cm³/mol. The van der Waals surface area contributed by atoms with Gasteiger partial charge >= 0.3 is 12.0 Å². The first-order valence-electron chi connectivity index (χ1n) is 7.07. The second kappa shape index (κ2) is 7.65. The van der Waals surface area contributed by atoms with Crippen molar-refractivity contribution in [3.05, 3.63) is 62.7 Å². The summed E-state index contributed by atoms with van der Waals surface area (Å²) in [7, 11) is 1.30. The van der Waals surface area contributed by atoms with Crippen LogP contribution in [0.1, 0.15) is 21.7 Å². The van der Waals surface area contributed by atoms with Crippen LogP contribution in [0.5, 0.6) is 11.5 Å². The van der Waals surface area contributed by atoms with E-state index in [9.17, 15) is 22.8 Å². The SMILES string of the molecule is COc1cc(C)oc(=O)c1C(=O)/C=C/c1ccc(OC(F)(F)F)c(Cl)c1. The number of methoxy groups -OCH3 is 1. The number of ether oxygens (including phenoxy) is 2. The first-order valence-corrected chi connectivity index (χ1v) is 7.45. The van der Waals surface area contributed by atoms with Gasteiger partial charge in [0, 0.05) is 6.07 Å². The van der Waals surface area contributed by atoms with E-state index in [1.807, 2.05) is 0 Å². The van der Waals surface area contributed by atoms with Crippen molar-refractivity contribution in [3.8, 4) is 11.5 Å². The highest BCUT2D eigenvalue weighted by molar-refractivity contribution is 6.32. The molecule has 0 aliphatic rings. The monoisotopic (exact) mass is 388 g/mol. The Labute approximate surface area is 150 Å². The third-order valence-electron chi connectivity index (χ3n) is 3.11. The van der Waals surface area contributed by atoms with Crippen molar-refractivity contribution >= 4 is 23.5 Å². The normalized spacial score (nSPS) is 11.6. The molecule has 2 rings (SSSR count). The van der Waals surface area contributed by atoms with E-state index in [1.165, 1.54) is 38.3 Å². The van der Waals surface area contributed by atoms with Crippen molar-refractivity contribution in [3.63, 3.8) is 0 Å². The highest BCUT2D eigenvalue weighted by Crippen LogP contribution is 2.31. The molecule has 1 aromatic carbocycles. The molecule has 1 heterocycles. The van der Waals surface area contributed by atoms with Crippen LogP contribution in [-0.4, -0.2) is 19.3 Å². The smallest absolute Gasteiger partial charge is 0.496 e. The lowest BCUT2D eigenvalue weighted by molar-refractivity contribution is -0.274. The summed E-state index contributed by atoms with van der Waals surface area (Å²) in [6.07, 6.45) is -2.53. The molecule has 0 saturated heterocycles. The zero-order valence-corrected chi connectivity index (χ0v) is 14.3. The van der Waals surface area contributed by atoms with Crippen molar-refractivity contribution in [1.82, 2.24) is 0 Å². The quantitative estimate of drug-likeness (QED) is 0.561. The van der Waals surface area contributed by atoms with Gasteiger partial charge in [0.1, 0.15) is 22.8 Å². The Morgan fingerprint density at radius 2 is 1.92 bits per heavy atom. The van der Waals surface area contributed by atoms with Crippen LogP contribution < -0.4 is 15.1 Å². The van der Waals surface area contributed by atoms with E-state index in [0.29, 0.717) is 5.56 Å². The van der Waals surface area contributed by atoms with E-state index in [-0.39, 0.29) is 22.1 Å². The Hall–Kier alpha value is -2.74. The number of halogens is 4. The lowest BCUT2D eigenvalue weighted by Gasteiger charge is -2.10. The summed E-state index contributed by atoms with van der Waals surface area (Å²) in [4.78, 5) is 24.1. The number of alkyl halides is 3. The van der Waals surface area contributed by atoms with Crippen LogP contribution in [0.25, 0.3) is 6.08 Å². The summed E-state index contributed by atoms with van der Waals surface area (Å²) in [6, 6.07) is 4.86. The molecule has 0 radical (unpaired) electrons. The fraction of sp³-hybridized carbons (Fsp3) is 0.176. The maximum absolute atomic E-state index is 12.2. The molecule has 0 N–H and O–H groups in total. The standard InChI is InChI=1S/C17H12ClF3O5/c1-9-7-14(24-2)15(16(23)25-9)12(22)5-3-10-4-6-13(11(18)8-10)26-17(19,20)21/h3-8H,1-2H3/b5-3+. The number of aryl methyl sites for hydroxylation is 1. The Balaban J connectivity index is 2.27. The number of rotatable bonds is 5. The van der Waals surface area contributed by atoms with Gasteiger partial charge < -0.3 is 13.9 Å². The van der Waals surface area contributed by atoms with E-state index >= 15 is 0 Å². The molecular weight excluding hydrogens is 377 g/mol. The van der Waals surface area contributed by atoms with Gasteiger partial charge in [-0.25, -0.2) is 4.79 Å². The molecule has 9 heteroatoms. The largest absolute Gasteiger partial charge is 0.573 e. The first kappa shape index (κ1) is 19.6. The average molecular weight is 389 g/mol. The zero-order chi connectivity index (χ0) is 19.5. The van der Waals surface area contributed by atoms with Gasteiger partial charge in [0.25, 0.3) is 0 Å². The minimum atomic E-state index is -4.87. The number of hydrogen-bond acceptors (Lipinski definition) is 5. The Morgan fingerprint density at radius 3 is 2.50 bits per heavy atom. The second-order valence-corrected chi connectivity index (χ2v) is 5.43. The molecule has 0 atom stereocenters. The first-order chi connectivity index (χ1) is 12.1. The van der Waals surface area contributed by atoms with E-state index in [0.717, 1.165) is 12.1 Å². The number of hydrogen-bond donors (Lipinski definition) is 0. The van der Waals surface area contributed by atoms with Crippen LogP contribution in [0, 0.1) is 6.92 Å². The third-order valence-corrected chi connectivity index (χ3v) is 3.41. The van der Waals surface area contributed by atoms with Gasteiger partial charge in [-0.2, -0.15) is 0 Å². The summed E-state index contributed by atoms with van der Waals surface area (Å²) < 4.78 is 50.3. The molecule has 0 aliphatic carbocycles. The van der Waals surface area contributed by atoms with Crippen molar-refractivity contribution in [2.24, 2.45) is 0 Å². The van der Waals surface area contributed by atoms with Crippen molar-refractivity contribution in [2.75, 3.05) is 7.11 Å². The molecule has 1 aromatic heterocycles. The highest BCUT2D eigenvalue weighted by Gasteiger charge is 2.32. The maximum atomic E-state index is 12.2. The number of carbonyl (C=O) groups excluding carboxylic acids is 1. The van der Waals surface area contributed by atoms with Crippen LogP contribution in [0.2, 0.25) is 5.02 Å². The van der Waals surface area contributed by atoms with Crippen LogP contribution in [-0.2, 0) is 0 Å². The summed E-state index contributed by atoms with van der Waals surface area (Å²) in [5.41, 5.74) is -0.825. The number of carbonyl (C=O) groups is 1. The third kappa shape index (κ3) is 4.89. The van der Waals surface area contributed by atoms with Crippen molar-refractivity contribution in [2.45, 2.75) is 13.3 Å². The van der Waals surface area contributed by atoms with Gasteiger partial charge in [0.05, 0.1) is 12.1 Å². The van der Waals surface area contributed by atoms with E-state index in [2.05, 4.69) is 4.74 Å². The second-order valence-electron chi connectivity index (χ2n) is 5.02. The van der Waals surface area contributed by atoms with Crippen LogP contribution in [0.4, 0.5) is 13.2 Å². The van der Waals surface area contributed by atoms with Crippen LogP contribution >= 0.6 is 11.6 Å². The van der Waals surface area contributed by atoms with Gasteiger partial charge in [0.2, 0.25) is 0 Å². The average Bonchev–Trinajstić information content (AvgIpc) is 2.53. The molecule has 0 amide bonds. The lowest BCUT2D eigenvalue weighted by Crippen LogP contribution is -2.17. The predicted octanol–water partition coefficient (Wildman–Crippen LogP) is 4.40. The molecule has 2 aromatic rings. The zero-order valence-electron chi connectivity index (χ0n) is 13.5. The van der Waals surface area contributed by atoms with Crippen molar-refractivity contribution in [1.29, 1.82) is 0 Å². The summed E-state index contributed by atoms with van der Waals surface area (Å²) in [6.45, 7) is 1.53. The number of allylic oxidation sites excluding steroid dienone is 1. The minimum absolute atomic E-state index is 0.0559. The Kier molecular flexibility index (Phi) is 5.76. The molecule has 0 unspecified atom stereocenters. The maximum Gasteiger partial charge on any atom is 0.573 e. The summed E-state index contributed by atoms with van der Waals surface area (Å²) in [5.74, 6) is -0.925. The van der Waals surface area contributed by atoms with E-state index < -0.39 is 23.5 Å². The summed E-state index contributed by atoms with van der Waals surface area (Å²) >= 11 is 5.73. The molecule has 26 heavy (non-hydrogen) atoms. The summed E-state index contributed by atoms with van der Waals surface area (Å²) in [5, 5.41) is -0.288. The molecule has 0 saturated carbocycles. The van der Waals surface area contributed by atoms with Crippen LogP contribution in [0.3, 0.4) is 0 Å².